The van der Waals surface area contributed by atoms with Crippen LogP contribution >= 0.6 is 22.7 Å². The minimum Gasteiger partial charge on any atom is -0.355 e. The van der Waals surface area contributed by atoms with Crippen LogP contribution in [0.15, 0.2) is 35.0 Å². The maximum atomic E-state index is 12.7. The molecule has 1 aliphatic heterocycles. The van der Waals surface area contributed by atoms with Gasteiger partial charge in [0, 0.05) is 22.7 Å². The van der Waals surface area contributed by atoms with Crippen molar-refractivity contribution in [2.45, 2.75) is 19.5 Å². The molecule has 1 atom stereocenters. The smallest absolute Gasteiger partial charge is 0.228 e. The lowest BCUT2D eigenvalue weighted by atomic mass is 10.1. The Kier molecular flexibility index (Phi) is 4.36. The van der Waals surface area contributed by atoms with E-state index in [9.17, 15) is 9.59 Å². The maximum absolute atomic E-state index is 12.7. The second-order valence-corrected chi connectivity index (χ2v) is 7.12. The summed E-state index contributed by atoms with van der Waals surface area (Å²) in [5, 5.41) is 6.78. The van der Waals surface area contributed by atoms with Gasteiger partial charge in [-0.15, -0.1) is 22.7 Å². The Morgan fingerprint density at radius 1 is 1.19 bits per heavy atom. The molecule has 4 nitrogen and oxygen atoms in total. The maximum Gasteiger partial charge on any atom is 0.228 e. The molecule has 2 aromatic heterocycles. The quantitative estimate of drug-likeness (QED) is 0.920. The lowest BCUT2D eigenvalue weighted by Crippen LogP contribution is -2.35. The topological polar surface area (TPSA) is 49.4 Å². The van der Waals surface area contributed by atoms with Crippen molar-refractivity contribution in [3.8, 4) is 0 Å². The molecule has 2 aromatic rings. The van der Waals surface area contributed by atoms with E-state index in [0.29, 0.717) is 26.1 Å². The highest BCUT2D eigenvalue weighted by Crippen LogP contribution is 2.21. The van der Waals surface area contributed by atoms with Gasteiger partial charge < -0.3 is 10.2 Å². The largest absolute Gasteiger partial charge is 0.355 e. The first-order chi connectivity index (χ1) is 10.2. The Bertz CT molecular complexity index is 571. The Morgan fingerprint density at radius 2 is 1.81 bits per heavy atom. The molecule has 0 spiro atoms. The Hall–Kier alpha value is -1.66. The summed E-state index contributed by atoms with van der Waals surface area (Å²) in [6.45, 7) is 1.68. The van der Waals surface area contributed by atoms with Crippen molar-refractivity contribution in [2.24, 2.45) is 5.92 Å². The van der Waals surface area contributed by atoms with E-state index in [1.807, 2.05) is 39.9 Å². The van der Waals surface area contributed by atoms with Gasteiger partial charge in [-0.25, -0.2) is 0 Å². The highest BCUT2D eigenvalue weighted by atomic mass is 32.1. The van der Waals surface area contributed by atoms with Gasteiger partial charge in [0.15, 0.2) is 0 Å². The van der Waals surface area contributed by atoms with Gasteiger partial charge in [0.1, 0.15) is 0 Å². The average molecular weight is 320 g/mol. The van der Waals surface area contributed by atoms with Crippen LogP contribution in [0.5, 0.6) is 0 Å². The number of carbonyl (C=O) groups excluding carboxylic acids is 2. The van der Waals surface area contributed by atoms with E-state index >= 15 is 0 Å². The van der Waals surface area contributed by atoms with Crippen molar-refractivity contribution in [2.75, 3.05) is 6.54 Å². The zero-order valence-corrected chi connectivity index (χ0v) is 13.1. The highest BCUT2D eigenvalue weighted by molar-refractivity contribution is 7.10. The van der Waals surface area contributed by atoms with E-state index < -0.39 is 0 Å². The Balaban J connectivity index is 1.74. The minimum atomic E-state index is -0.225. The molecule has 0 aromatic carbocycles. The monoisotopic (exact) mass is 320 g/mol. The number of hydrogen-bond acceptors (Lipinski definition) is 4. The second-order valence-electron chi connectivity index (χ2n) is 5.06. The van der Waals surface area contributed by atoms with Gasteiger partial charge in [-0.2, -0.15) is 0 Å². The molecule has 2 amide bonds. The number of nitrogens with one attached hydrogen (secondary N) is 1. The molecule has 0 radical (unpaired) electrons. The van der Waals surface area contributed by atoms with Crippen molar-refractivity contribution in [3.05, 3.63) is 44.8 Å². The van der Waals surface area contributed by atoms with Crippen molar-refractivity contribution in [1.82, 2.24) is 10.2 Å². The summed E-state index contributed by atoms with van der Waals surface area (Å²) >= 11 is 3.30. The summed E-state index contributed by atoms with van der Waals surface area (Å²) in [6.07, 6.45) is 0.310. The van der Waals surface area contributed by atoms with Gasteiger partial charge in [0.2, 0.25) is 11.8 Å². The van der Waals surface area contributed by atoms with Crippen LogP contribution in [-0.4, -0.2) is 23.3 Å². The molecule has 1 saturated heterocycles. The molecule has 3 rings (SSSR count). The Labute approximate surface area is 131 Å². The third-order valence-electron chi connectivity index (χ3n) is 3.49. The van der Waals surface area contributed by atoms with Crippen LogP contribution in [0.2, 0.25) is 0 Å². The van der Waals surface area contributed by atoms with Crippen molar-refractivity contribution >= 4 is 34.5 Å². The van der Waals surface area contributed by atoms with Gasteiger partial charge in [-0.3, -0.25) is 9.59 Å². The molecule has 0 bridgehead atoms. The number of thiophene rings is 2. The number of rotatable bonds is 5. The molecule has 1 fully saturated rings. The molecule has 6 heteroatoms. The van der Waals surface area contributed by atoms with Crippen molar-refractivity contribution < 1.29 is 9.59 Å². The zero-order valence-electron chi connectivity index (χ0n) is 11.5. The van der Waals surface area contributed by atoms with Crippen LogP contribution < -0.4 is 5.32 Å². The fourth-order valence-corrected chi connectivity index (χ4v) is 3.87. The normalized spacial score (nSPS) is 17.7. The predicted molar refractivity (Wildman–Crippen MR) is 84.0 cm³/mol. The molecular weight excluding hydrogens is 304 g/mol. The Morgan fingerprint density at radius 3 is 2.24 bits per heavy atom. The number of nitrogens with zero attached hydrogens (tertiary/aromatic N) is 1. The summed E-state index contributed by atoms with van der Waals surface area (Å²) < 4.78 is 0. The summed E-state index contributed by atoms with van der Waals surface area (Å²) in [7, 11) is 0. The fraction of sp³-hybridized carbons (Fsp3) is 0.333. The number of amides is 2. The third kappa shape index (κ3) is 3.51. The standard InChI is InChI=1S/C15H16N2O2S2/c18-14-7-11(8-16-14)15(19)17(9-12-3-1-5-20-12)10-13-4-2-6-21-13/h1-6,11H,7-10H2,(H,16,18). The van der Waals surface area contributed by atoms with Crippen LogP contribution in [0.3, 0.4) is 0 Å². The average Bonchev–Trinajstić information content (AvgIpc) is 3.19. The molecule has 1 N–H and O–H groups in total. The highest BCUT2D eigenvalue weighted by Gasteiger charge is 2.31. The first-order valence-electron chi connectivity index (χ1n) is 6.82. The SMILES string of the molecule is O=C1CC(C(=O)N(Cc2cccs2)Cc2cccs2)CN1. The summed E-state index contributed by atoms with van der Waals surface area (Å²) in [5.74, 6) is -0.187. The van der Waals surface area contributed by atoms with Gasteiger partial charge >= 0.3 is 0 Å². The van der Waals surface area contributed by atoms with E-state index in [1.54, 1.807) is 22.7 Å². The third-order valence-corrected chi connectivity index (χ3v) is 5.21. The lowest BCUT2D eigenvalue weighted by molar-refractivity contribution is -0.137. The summed E-state index contributed by atoms with van der Waals surface area (Å²) in [6, 6.07) is 8.07. The van der Waals surface area contributed by atoms with Crippen LogP contribution in [0.25, 0.3) is 0 Å². The molecule has 0 saturated carbocycles. The molecule has 21 heavy (non-hydrogen) atoms. The van der Waals surface area contributed by atoms with Crippen molar-refractivity contribution in [1.29, 1.82) is 0 Å². The van der Waals surface area contributed by atoms with Crippen LogP contribution in [-0.2, 0) is 22.7 Å². The molecule has 1 aliphatic rings. The first-order valence-corrected chi connectivity index (χ1v) is 8.58. The summed E-state index contributed by atoms with van der Waals surface area (Å²) in [5.41, 5.74) is 0. The molecule has 1 unspecified atom stereocenters. The second kappa shape index (κ2) is 6.41. The first kappa shape index (κ1) is 14.3. The molecular formula is C15H16N2O2S2. The van der Waals surface area contributed by atoms with Gasteiger partial charge in [0.25, 0.3) is 0 Å². The minimum absolute atomic E-state index is 0.0273. The zero-order chi connectivity index (χ0) is 14.7. The number of carbonyl (C=O) groups is 2. The van der Waals surface area contributed by atoms with E-state index in [2.05, 4.69) is 5.32 Å². The fourth-order valence-electron chi connectivity index (χ4n) is 2.43. The molecule has 110 valence electrons. The molecule has 0 aliphatic carbocycles. The van der Waals surface area contributed by atoms with Gasteiger partial charge in [-0.1, -0.05) is 12.1 Å². The van der Waals surface area contributed by atoms with E-state index in [1.165, 1.54) is 0 Å². The predicted octanol–water partition coefficient (Wildman–Crippen LogP) is 2.47. The van der Waals surface area contributed by atoms with E-state index in [-0.39, 0.29) is 17.7 Å². The van der Waals surface area contributed by atoms with Crippen LogP contribution in [0, 0.1) is 5.92 Å². The van der Waals surface area contributed by atoms with E-state index in [0.717, 1.165) is 9.75 Å². The van der Waals surface area contributed by atoms with Crippen LogP contribution in [0.4, 0.5) is 0 Å². The van der Waals surface area contributed by atoms with E-state index in [4.69, 9.17) is 0 Å². The molecule has 3 heterocycles. The van der Waals surface area contributed by atoms with Crippen LogP contribution in [0.1, 0.15) is 16.2 Å². The van der Waals surface area contributed by atoms with Gasteiger partial charge in [-0.05, 0) is 22.9 Å². The van der Waals surface area contributed by atoms with Crippen molar-refractivity contribution in [3.63, 3.8) is 0 Å². The lowest BCUT2D eigenvalue weighted by Gasteiger charge is -2.24. The number of hydrogen-bond donors (Lipinski definition) is 1. The van der Waals surface area contributed by atoms with Gasteiger partial charge in [0.05, 0.1) is 19.0 Å². The summed E-state index contributed by atoms with van der Waals surface area (Å²) in [4.78, 5) is 28.2.